The van der Waals surface area contributed by atoms with E-state index in [2.05, 4.69) is 80.2 Å². The summed E-state index contributed by atoms with van der Waals surface area (Å²) in [6.45, 7) is 27.3. The van der Waals surface area contributed by atoms with Gasteiger partial charge in [-0.15, -0.1) is 0 Å². The van der Waals surface area contributed by atoms with Gasteiger partial charge in [0.05, 0.1) is 12.7 Å². The zero-order valence-corrected chi connectivity index (χ0v) is 28.1. The van der Waals surface area contributed by atoms with Crippen LogP contribution in [0.15, 0.2) is 0 Å². The number of fused-ring (bicyclic) bond motifs is 3. The zero-order valence-electron chi connectivity index (χ0n) is 27.2. The summed E-state index contributed by atoms with van der Waals surface area (Å²) in [7, 11) is 0. The van der Waals surface area contributed by atoms with E-state index in [4.69, 9.17) is 4.74 Å². The fourth-order valence-corrected chi connectivity index (χ4v) is 12.4. The zero-order chi connectivity index (χ0) is 28.4. The number of rotatable bonds is 8. The molecule has 6 fully saturated rings. The number of nitrogens with zero attached hydrogens (tertiary/aromatic N) is 3. The Hall–Kier alpha value is 0.150. The molecule has 5 atom stereocenters. The molecule has 0 radical (unpaired) electrons. The van der Waals surface area contributed by atoms with Crippen molar-refractivity contribution in [2.45, 2.75) is 135 Å². The van der Waals surface area contributed by atoms with E-state index in [1.165, 1.54) is 102 Å². The van der Waals surface area contributed by atoms with Gasteiger partial charge in [-0.25, -0.2) is 0 Å². The van der Waals surface area contributed by atoms with E-state index in [1.54, 1.807) is 0 Å². The van der Waals surface area contributed by atoms with Crippen molar-refractivity contribution in [3.63, 3.8) is 0 Å². The molecule has 5 nitrogen and oxygen atoms in total. The molecule has 0 aliphatic carbocycles. The summed E-state index contributed by atoms with van der Waals surface area (Å²) in [5, 5.41) is 4.20. The Bertz CT molecular complexity index is 924. The summed E-state index contributed by atoms with van der Waals surface area (Å²) >= 11 is 2.21. The maximum absolute atomic E-state index is 6.86. The highest BCUT2D eigenvalue weighted by molar-refractivity contribution is 7.99. The number of thioether (sulfide) groups is 1. The molecule has 6 heterocycles. The quantitative estimate of drug-likeness (QED) is 0.390. The highest BCUT2D eigenvalue weighted by Crippen LogP contribution is 2.54. The van der Waals surface area contributed by atoms with Crippen LogP contribution in [0.4, 0.5) is 0 Å². The lowest BCUT2D eigenvalue weighted by molar-refractivity contribution is -0.156. The van der Waals surface area contributed by atoms with Crippen molar-refractivity contribution in [2.75, 3.05) is 63.9 Å². The molecule has 230 valence electrons. The maximum Gasteiger partial charge on any atom is 0.0708 e. The Morgan fingerprint density at radius 1 is 0.750 bits per heavy atom. The lowest BCUT2D eigenvalue weighted by atomic mass is 9.64. The van der Waals surface area contributed by atoms with E-state index in [-0.39, 0.29) is 16.5 Å². The van der Waals surface area contributed by atoms with Crippen LogP contribution in [0, 0.1) is 16.2 Å². The molecule has 40 heavy (non-hydrogen) atoms. The van der Waals surface area contributed by atoms with Crippen molar-refractivity contribution in [2.24, 2.45) is 16.2 Å². The van der Waals surface area contributed by atoms with Gasteiger partial charge in [0, 0.05) is 60.3 Å². The predicted octanol–water partition coefficient (Wildman–Crippen LogP) is 5.88. The summed E-state index contributed by atoms with van der Waals surface area (Å²) in [6, 6.07) is 0.605. The average Bonchev–Trinajstić information content (AvgIpc) is 3.65. The number of ether oxygens (including phenoxy) is 1. The van der Waals surface area contributed by atoms with Crippen LogP contribution >= 0.6 is 11.8 Å². The molecule has 0 aromatic rings. The molecule has 0 aromatic carbocycles. The van der Waals surface area contributed by atoms with Crippen LogP contribution in [0.5, 0.6) is 0 Å². The minimum atomic E-state index is 0.225. The Kier molecular flexibility index (Phi) is 8.04. The van der Waals surface area contributed by atoms with Gasteiger partial charge in [0.15, 0.2) is 0 Å². The van der Waals surface area contributed by atoms with Crippen LogP contribution in [0.1, 0.15) is 106 Å². The van der Waals surface area contributed by atoms with Crippen molar-refractivity contribution >= 4 is 11.8 Å². The number of piperazine rings is 1. The topological polar surface area (TPSA) is 31.0 Å². The summed E-state index contributed by atoms with van der Waals surface area (Å²) in [5.74, 6) is 2.66. The van der Waals surface area contributed by atoms with Gasteiger partial charge in [-0.2, -0.15) is 11.8 Å². The van der Waals surface area contributed by atoms with Crippen molar-refractivity contribution in [3.8, 4) is 0 Å². The highest BCUT2D eigenvalue weighted by atomic mass is 32.2. The summed E-state index contributed by atoms with van der Waals surface area (Å²) in [4.78, 5) is 8.70. The van der Waals surface area contributed by atoms with Gasteiger partial charge in [0.1, 0.15) is 0 Å². The number of hydrogen-bond acceptors (Lipinski definition) is 6. The van der Waals surface area contributed by atoms with Gasteiger partial charge in [-0.05, 0) is 93.7 Å². The minimum Gasteiger partial charge on any atom is -0.375 e. The van der Waals surface area contributed by atoms with Crippen LogP contribution in [-0.2, 0) is 4.74 Å². The molecule has 6 heteroatoms. The Morgan fingerprint density at radius 3 is 2.10 bits per heavy atom. The second-order valence-corrected chi connectivity index (χ2v) is 17.9. The molecule has 0 aromatic heterocycles. The van der Waals surface area contributed by atoms with Crippen molar-refractivity contribution in [1.29, 1.82) is 0 Å². The SMILES string of the molecule is CCC(C)(C)C12CCCN1CC(CC(C)(C)C13CCCN1CC(CC(C)(C)C14CCCN1CCSC4)NC3)OC2. The number of hydrogen-bond donors (Lipinski definition) is 1. The summed E-state index contributed by atoms with van der Waals surface area (Å²) in [5.41, 5.74) is 1.80. The second-order valence-electron chi connectivity index (χ2n) is 16.8. The molecule has 6 rings (SSSR count). The first-order valence-electron chi connectivity index (χ1n) is 17.1. The molecule has 5 unspecified atom stereocenters. The third-order valence-corrected chi connectivity index (χ3v) is 15.1. The predicted molar refractivity (Wildman–Crippen MR) is 170 cm³/mol. The first kappa shape index (κ1) is 30.2. The van der Waals surface area contributed by atoms with Crippen molar-refractivity contribution < 1.29 is 4.74 Å². The van der Waals surface area contributed by atoms with E-state index >= 15 is 0 Å². The normalized spacial score (nSPS) is 40.3. The fraction of sp³-hybridized carbons (Fsp3) is 1.00. The van der Waals surface area contributed by atoms with Crippen LogP contribution in [0.2, 0.25) is 0 Å². The molecule has 1 N–H and O–H groups in total. The Balaban J connectivity index is 1.12. The van der Waals surface area contributed by atoms with E-state index in [1.807, 2.05) is 0 Å². The molecule has 6 aliphatic heterocycles. The van der Waals surface area contributed by atoms with Crippen LogP contribution in [-0.4, -0.2) is 107 Å². The smallest absolute Gasteiger partial charge is 0.0708 e. The van der Waals surface area contributed by atoms with Gasteiger partial charge in [0.25, 0.3) is 0 Å². The average molecular weight is 575 g/mol. The van der Waals surface area contributed by atoms with Crippen LogP contribution < -0.4 is 5.32 Å². The largest absolute Gasteiger partial charge is 0.375 e. The fourth-order valence-electron chi connectivity index (χ4n) is 10.9. The van der Waals surface area contributed by atoms with Crippen molar-refractivity contribution in [3.05, 3.63) is 0 Å². The lowest BCUT2D eigenvalue weighted by Gasteiger charge is -2.59. The monoisotopic (exact) mass is 574 g/mol. The van der Waals surface area contributed by atoms with Gasteiger partial charge in [-0.3, -0.25) is 14.7 Å². The second kappa shape index (κ2) is 10.6. The van der Waals surface area contributed by atoms with Crippen molar-refractivity contribution in [1.82, 2.24) is 20.0 Å². The standard InChI is InChI=1S/C34H62N4OS/c1-8-29(2,3)33-13-10-17-38(33)23-28(39-25-33)21-31(6,7)32-12-9-16-37(32)22-27(35-24-32)20-30(4,5)34-14-11-15-36(34)18-19-40-26-34/h27-28,35H,8-26H2,1-7H3. The maximum atomic E-state index is 6.86. The molecule has 0 bridgehead atoms. The molecule has 0 saturated carbocycles. The van der Waals surface area contributed by atoms with E-state index in [0.717, 1.165) is 19.7 Å². The first-order chi connectivity index (χ1) is 18.9. The molecular formula is C34H62N4OS. The molecule has 0 spiro atoms. The van der Waals surface area contributed by atoms with Crippen LogP contribution in [0.3, 0.4) is 0 Å². The number of nitrogens with one attached hydrogen (secondary N) is 1. The minimum absolute atomic E-state index is 0.225. The molecule has 0 amide bonds. The Morgan fingerprint density at radius 2 is 1.38 bits per heavy atom. The highest BCUT2D eigenvalue weighted by Gasteiger charge is 2.59. The summed E-state index contributed by atoms with van der Waals surface area (Å²) in [6.07, 6.45) is 12.2. The van der Waals surface area contributed by atoms with E-state index in [0.29, 0.717) is 28.5 Å². The lowest BCUT2D eigenvalue weighted by Crippen LogP contribution is -2.70. The molecule has 6 saturated heterocycles. The molecular weight excluding hydrogens is 512 g/mol. The van der Waals surface area contributed by atoms with Gasteiger partial charge >= 0.3 is 0 Å². The van der Waals surface area contributed by atoms with Gasteiger partial charge < -0.3 is 10.1 Å². The van der Waals surface area contributed by atoms with Crippen LogP contribution in [0.25, 0.3) is 0 Å². The van der Waals surface area contributed by atoms with Gasteiger partial charge in [-0.1, -0.05) is 48.5 Å². The third-order valence-electron chi connectivity index (χ3n) is 14.0. The molecule has 6 aliphatic rings. The van der Waals surface area contributed by atoms with E-state index in [9.17, 15) is 0 Å². The first-order valence-corrected chi connectivity index (χ1v) is 18.2. The van der Waals surface area contributed by atoms with Gasteiger partial charge in [0.2, 0.25) is 0 Å². The third kappa shape index (κ3) is 4.59. The Labute approximate surface area is 251 Å². The number of morpholine rings is 1. The summed E-state index contributed by atoms with van der Waals surface area (Å²) < 4.78 is 6.86. The van der Waals surface area contributed by atoms with E-state index < -0.39 is 0 Å².